The van der Waals surface area contributed by atoms with Gasteiger partial charge in [-0.2, -0.15) is 0 Å². The van der Waals surface area contributed by atoms with E-state index in [-0.39, 0.29) is 6.61 Å². The second kappa shape index (κ2) is 9.37. The molecule has 0 aliphatic heterocycles. The van der Waals surface area contributed by atoms with Crippen LogP contribution in [0.3, 0.4) is 0 Å². The van der Waals surface area contributed by atoms with Gasteiger partial charge in [0.1, 0.15) is 11.7 Å². The molecule has 28 heavy (non-hydrogen) atoms. The van der Waals surface area contributed by atoms with Crippen molar-refractivity contribution in [2.45, 2.75) is 5.92 Å². The van der Waals surface area contributed by atoms with E-state index in [1.165, 1.54) is 7.11 Å². The van der Waals surface area contributed by atoms with E-state index >= 15 is 0 Å². The number of carbonyl (C=O) groups excluding carboxylic acids is 2. The number of hydrogen-bond donors (Lipinski definition) is 1. The van der Waals surface area contributed by atoms with E-state index in [0.717, 1.165) is 11.1 Å². The van der Waals surface area contributed by atoms with Gasteiger partial charge in [0.05, 0.1) is 12.8 Å². The molecule has 0 bridgehead atoms. The minimum Gasteiger partial charge on any atom is -0.495 e. The van der Waals surface area contributed by atoms with Gasteiger partial charge in [0, 0.05) is 0 Å². The topological polar surface area (TPSA) is 64.6 Å². The zero-order chi connectivity index (χ0) is 19.8. The van der Waals surface area contributed by atoms with E-state index in [2.05, 4.69) is 5.32 Å². The number of hydrogen-bond acceptors (Lipinski definition) is 4. The number of carbonyl (C=O) groups is 2. The molecule has 0 heterocycles. The summed E-state index contributed by atoms with van der Waals surface area (Å²) in [6.45, 7) is -0.382. The Morgan fingerprint density at radius 3 is 1.93 bits per heavy atom. The van der Waals surface area contributed by atoms with Crippen molar-refractivity contribution in [3.63, 3.8) is 0 Å². The molecule has 0 fully saturated rings. The molecule has 5 nitrogen and oxygen atoms in total. The Morgan fingerprint density at radius 1 is 0.821 bits per heavy atom. The largest absolute Gasteiger partial charge is 0.495 e. The molecule has 1 N–H and O–H groups in total. The van der Waals surface area contributed by atoms with Crippen LogP contribution in [-0.4, -0.2) is 25.6 Å². The van der Waals surface area contributed by atoms with Crippen LogP contribution >= 0.6 is 0 Å². The highest BCUT2D eigenvalue weighted by atomic mass is 16.5. The molecule has 3 rings (SSSR count). The summed E-state index contributed by atoms with van der Waals surface area (Å²) in [5.41, 5.74) is 2.14. The molecule has 142 valence electrons. The van der Waals surface area contributed by atoms with Gasteiger partial charge in [-0.25, -0.2) is 0 Å². The van der Waals surface area contributed by atoms with Crippen LogP contribution in [0, 0.1) is 0 Å². The molecule has 1 amide bonds. The highest BCUT2D eigenvalue weighted by molar-refractivity contribution is 5.94. The molecular formula is C23H21NO4. The van der Waals surface area contributed by atoms with Crippen molar-refractivity contribution < 1.29 is 19.1 Å². The van der Waals surface area contributed by atoms with Crippen LogP contribution in [0.15, 0.2) is 84.9 Å². The normalized spacial score (nSPS) is 10.4. The summed E-state index contributed by atoms with van der Waals surface area (Å²) in [5.74, 6) is -0.972. The van der Waals surface area contributed by atoms with Crippen molar-refractivity contribution in [3.8, 4) is 5.75 Å². The summed E-state index contributed by atoms with van der Waals surface area (Å²) in [4.78, 5) is 25.0. The first-order chi connectivity index (χ1) is 13.7. The van der Waals surface area contributed by atoms with Gasteiger partial charge in [0.15, 0.2) is 6.61 Å². The second-order valence-electron chi connectivity index (χ2n) is 6.11. The summed E-state index contributed by atoms with van der Waals surface area (Å²) < 4.78 is 10.5. The molecule has 0 radical (unpaired) electrons. The summed E-state index contributed by atoms with van der Waals surface area (Å²) in [6, 6.07) is 25.8. The van der Waals surface area contributed by atoms with Gasteiger partial charge in [0.25, 0.3) is 5.91 Å². The van der Waals surface area contributed by atoms with Crippen molar-refractivity contribution in [3.05, 3.63) is 96.1 Å². The fraction of sp³-hybridized carbons (Fsp3) is 0.130. The van der Waals surface area contributed by atoms with Gasteiger partial charge in [-0.05, 0) is 23.3 Å². The minimum atomic E-state index is -0.596. The van der Waals surface area contributed by atoms with Crippen LogP contribution in [0.5, 0.6) is 5.75 Å². The predicted octanol–water partition coefficient (Wildman–Crippen LogP) is 4.01. The first-order valence-electron chi connectivity index (χ1n) is 8.88. The van der Waals surface area contributed by atoms with E-state index in [0.29, 0.717) is 11.4 Å². The quantitative estimate of drug-likeness (QED) is 0.634. The third-order valence-electron chi connectivity index (χ3n) is 4.23. The molecule has 0 aromatic heterocycles. The van der Waals surface area contributed by atoms with Crippen LogP contribution in [0.1, 0.15) is 17.0 Å². The summed E-state index contributed by atoms with van der Waals surface area (Å²) in [6.07, 6.45) is 0. The average Bonchev–Trinajstić information content (AvgIpc) is 2.74. The molecule has 5 heteroatoms. The predicted molar refractivity (Wildman–Crippen MR) is 107 cm³/mol. The highest BCUT2D eigenvalue weighted by Gasteiger charge is 2.24. The van der Waals surface area contributed by atoms with Crippen molar-refractivity contribution >= 4 is 17.6 Å². The molecule has 0 saturated carbocycles. The Kier molecular flexibility index (Phi) is 6.41. The lowest BCUT2D eigenvalue weighted by molar-refractivity contribution is -0.147. The Bertz CT molecular complexity index is 886. The molecule has 3 aromatic carbocycles. The van der Waals surface area contributed by atoms with Crippen LogP contribution < -0.4 is 10.1 Å². The van der Waals surface area contributed by atoms with Gasteiger partial charge < -0.3 is 14.8 Å². The number of para-hydroxylation sites is 2. The minimum absolute atomic E-state index is 0.382. The smallest absolute Gasteiger partial charge is 0.318 e. The molecule has 3 aromatic rings. The maximum absolute atomic E-state index is 12.8. The lowest BCUT2D eigenvalue weighted by atomic mass is 9.91. The van der Waals surface area contributed by atoms with E-state index in [1.807, 2.05) is 60.7 Å². The van der Waals surface area contributed by atoms with Crippen molar-refractivity contribution in [1.29, 1.82) is 0 Å². The van der Waals surface area contributed by atoms with Crippen LogP contribution in [-0.2, 0) is 14.3 Å². The Morgan fingerprint density at radius 2 is 1.36 bits per heavy atom. The summed E-state index contributed by atoms with van der Waals surface area (Å²) in [5, 5.41) is 2.69. The summed E-state index contributed by atoms with van der Waals surface area (Å²) in [7, 11) is 1.52. The van der Waals surface area contributed by atoms with Gasteiger partial charge in [-0.15, -0.1) is 0 Å². The van der Waals surface area contributed by atoms with E-state index in [4.69, 9.17) is 9.47 Å². The maximum Gasteiger partial charge on any atom is 0.318 e. The standard InChI is InChI=1S/C23H21NO4/c1-27-20-15-9-8-14-19(20)24-21(25)16-28-23(26)22(17-10-4-2-5-11-17)18-12-6-3-7-13-18/h2-15,22H,16H2,1H3,(H,24,25). The van der Waals surface area contributed by atoms with Gasteiger partial charge in [-0.3, -0.25) is 9.59 Å². The number of ether oxygens (including phenoxy) is 2. The van der Waals surface area contributed by atoms with E-state index in [9.17, 15) is 9.59 Å². The van der Waals surface area contributed by atoms with Gasteiger partial charge in [-0.1, -0.05) is 72.8 Å². The number of benzene rings is 3. The second-order valence-corrected chi connectivity index (χ2v) is 6.11. The number of methoxy groups -OCH3 is 1. The third kappa shape index (κ3) is 4.76. The number of rotatable bonds is 7. The SMILES string of the molecule is COc1ccccc1NC(=O)COC(=O)C(c1ccccc1)c1ccccc1. The average molecular weight is 375 g/mol. The Balaban J connectivity index is 1.70. The summed E-state index contributed by atoms with van der Waals surface area (Å²) >= 11 is 0. The highest BCUT2D eigenvalue weighted by Crippen LogP contribution is 2.26. The molecule has 0 aliphatic carbocycles. The van der Waals surface area contributed by atoms with Crippen LogP contribution in [0.25, 0.3) is 0 Å². The van der Waals surface area contributed by atoms with Crippen molar-refractivity contribution in [2.75, 3.05) is 19.0 Å². The number of amides is 1. The lowest BCUT2D eigenvalue weighted by Gasteiger charge is -2.17. The lowest BCUT2D eigenvalue weighted by Crippen LogP contribution is -2.24. The van der Waals surface area contributed by atoms with E-state index in [1.54, 1.807) is 24.3 Å². The zero-order valence-corrected chi connectivity index (χ0v) is 15.5. The zero-order valence-electron chi connectivity index (χ0n) is 15.5. The Labute approximate surface area is 163 Å². The third-order valence-corrected chi connectivity index (χ3v) is 4.23. The van der Waals surface area contributed by atoms with Crippen LogP contribution in [0.4, 0.5) is 5.69 Å². The van der Waals surface area contributed by atoms with Gasteiger partial charge >= 0.3 is 5.97 Å². The first kappa shape index (κ1) is 19.2. The maximum atomic E-state index is 12.8. The monoisotopic (exact) mass is 375 g/mol. The van der Waals surface area contributed by atoms with Crippen molar-refractivity contribution in [2.24, 2.45) is 0 Å². The number of nitrogens with one attached hydrogen (secondary N) is 1. The molecular weight excluding hydrogens is 354 g/mol. The molecule has 0 aliphatic rings. The number of esters is 1. The molecule has 0 spiro atoms. The number of anilines is 1. The van der Waals surface area contributed by atoms with E-state index < -0.39 is 17.8 Å². The molecule has 0 saturated heterocycles. The molecule has 0 unspecified atom stereocenters. The van der Waals surface area contributed by atoms with Crippen molar-refractivity contribution in [1.82, 2.24) is 0 Å². The van der Waals surface area contributed by atoms with Gasteiger partial charge in [0.2, 0.25) is 0 Å². The Hall–Kier alpha value is -3.60. The first-order valence-corrected chi connectivity index (χ1v) is 8.88. The fourth-order valence-corrected chi connectivity index (χ4v) is 2.91. The molecule has 0 atom stereocenters. The fourth-order valence-electron chi connectivity index (χ4n) is 2.91. The van der Waals surface area contributed by atoms with Crippen LogP contribution in [0.2, 0.25) is 0 Å².